The number of aryl methyl sites for hydroxylation is 2. The number of benzene rings is 2. The first kappa shape index (κ1) is 18.9. The van der Waals surface area contributed by atoms with Crippen molar-refractivity contribution >= 4 is 0 Å². The number of fused-ring (bicyclic) bond motifs is 3. The Balaban J connectivity index is 1.38. The van der Waals surface area contributed by atoms with E-state index in [0.29, 0.717) is 0 Å². The maximum absolute atomic E-state index is 6.78. The highest BCUT2D eigenvalue weighted by atomic mass is 16.7. The Labute approximate surface area is 182 Å². The molecule has 31 heavy (non-hydrogen) atoms. The number of aromatic nitrogens is 2. The van der Waals surface area contributed by atoms with Crippen LogP contribution < -0.4 is 9.47 Å². The molecule has 0 aliphatic carbocycles. The van der Waals surface area contributed by atoms with Crippen LogP contribution in [0.4, 0.5) is 0 Å². The fourth-order valence-corrected chi connectivity index (χ4v) is 4.86. The van der Waals surface area contributed by atoms with Crippen molar-refractivity contribution in [1.82, 2.24) is 14.5 Å². The van der Waals surface area contributed by atoms with Gasteiger partial charge in [0.05, 0.1) is 11.8 Å². The molecule has 3 aliphatic rings. The molecular formula is C25H27N3O3. The number of rotatable bonds is 3. The monoisotopic (exact) mass is 417 g/mol. The lowest BCUT2D eigenvalue weighted by molar-refractivity contribution is -0.0275. The predicted octanol–water partition coefficient (Wildman–Crippen LogP) is 4.04. The van der Waals surface area contributed by atoms with Gasteiger partial charge in [-0.3, -0.25) is 0 Å². The minimum absolute atomic E-state index is 0.144. The molecule has 1 fully saturated rings. The Morgan fingerprint density at radius 2 is 1.84 bits per heavy atom. The van der Waals surface area contributed by atoms with Crippen LogP contribution in [-0.2, 0) is 17.7 Å². The molecule has 1 saturated heterocycles. The number of nitrogens with zero attached hydrogens (tertiary/aromatic N) is 3. The van der Waals surface area contributed by atoms with Crippen molar-refractivity contribution in [3.63, 3.8) is 0 Å². The summed E-state index contributed by atoms with van der Waals surface area (Å²) in [4.78, 5) is 7.47. The fourth-order valence-electron chi connectivity index (χ4n) is 4.86. The van der Waals surface area contributed by atoms with Crippen LogP contribution in [-0.4, -0.2) is 47.5 Å². The summed E-state index contributed by atoms with van der Waals surface area (Å²) in [6.07, 6.45) is 5.37. The second-order valence-electron chi connectivity index (χ2n) is 8.71. The summed E-state index contributed by atoms with van der Waals surface area (Å²) in [6.45, 7) is 3.34. The predicted molar refractivity (Wildman–Crippen MR) is 117 cm³/mol. The second-order valence-corrected chi connectivity index (χ2v) is 8.71. The van der Waals surface area contributed by atoms with Crippen LogP contribution in [0.25, 0.3) is 11.3 Å². The molecule has 0 amide bonds. The van der Waals surface area contributed by atoms with E-state index in [-0.39, 0.29) is 19.0 Å². The van der Waals surface area contributed by atoms with Crippen LogP contribution in [0, 0.1) is 0 Å². The first-order chi connectivity index (χ1) is 15.2. The summed E-state index contributed by atoms with van der Waals surface area (Å²) in [7, 11) is 2.18. The standard InChI is InChI=1S/C25H27N3O3/c1-27-11-9-19(10-12-27)31-24-20-5-3-2-4-17(20)8-13-28-15-21(26-25(24)28)18-6-7-22-23(14-18)30-16-29-22/h2-7,14-15,19,24H,8-13,16H2,1H3. The summed E-state index contributed by atoms with van der Waals surface area (Å²) in [5.41, 5.74) is 4.60. The van der Waals surface area contributed by atoms with E-state index >= 15 is 0 Å². The topological polar surface area (TPSA) is 48.8 Å². The fraction of sp³-hybridized carbons (Fsp3) is 0.400. The summed E-state index contributed by atoms with van der Waals surface area (Å²) < 4.78 is 20.1. The third-order valence-corrected chi connectivity index (χ3v) is 6.66. The van der Waals surface area contributed by atoms with E-state index < -0.39 is 0 Å². The Kier molecular flexibility index (Phi) is 4.69. The van der Waals surface area contributed by atoms with Gasteiger partial charge >= 0.3 is 0 Å². The van der Waals surface area contributed by atoms with Crippen LogP contribution >= 0.6 is 0 Å². The average Bonchev–Trinajstić information content (AvgIpc) is 3.41. The molecule has 0 saturated carbocycles. The van der Waals surface area contributed by atoms with E-state index in [1.807, 2.05) is 12.1 Å². The first-order valence-electron chi connectivity index (χ1n) is 11.1. The molecule has 6 nitrogen and oxygen atoms in total. The van der Waals surface area contributed by atoms with E-state index in [1.165, 1.54) is 11.1 Å². The first-order valence-corrected chi connectivity index (χ1v) is 11.1. The molecular weight excluding hydrogens is 390 g/mol. The minimum Gasteiger partial charge on any atom is -0.454 e. The van der Waals surface area contributed by atoms with Crippen molar-refractivity contribution in [2.75, 3.05) is 26.9 Å². The van der Waals surface area contributed by atoms with E-state index in [1.54, 1.807) is 0 Å². The number of ether oxygens (including phenoxy) is 3. The van der Waals surface area contributed by atoms with Gasteiger partial charge in [0, 0.05) is 31.4 Å². The molecule has 3 aromatic rings. The Morgan fingerprint density at radius 1 is 1.00 bits per heavy atom. The van der Waals surface area contributed by atoms with Gasteiger partial charge in [0.1, 0.15) is 11.9 Å². The lowest BCUT2D eigenvalue weighted by atomic mass is 10.00. The summed E-state index contributed by atoms with van der Waals surface area (Å²) in [5, 5.41) is 0. The molecule has 0 radical (unpaired) electrons. The van der Waals surface area contributed by atoms with Crippen molar-refractivity contribution in [2.24, 2.45) is 0 Å². The number of imidazole rings is 1. The Hall–Kier alpha value is -2.83. The van der Waals surface area contributed by atoms with E-state index in [0.717, 1.165) is 67.5 Å². The maximum Gasteiger partial charge on any atom is 0.231 e. The lowest BCUT2D eigenvalue weighted by Crippen LogP contribution is -2.35. The van der Waals surface area contributed by atoms with Crippen molar-refractivity contribution in [3.05, 3.63) is 65.6 Å². The second kappa shape index (κ2) is 7.70. The third kappa shape index (κ3) is 3.50. The van der Waals surface area contributed by atoms with Crippen LogP contribution in [0.15, 0.2) is 48.7 Å². The van der Waals surface area contributed by atoms with Gasteiger partial charge in [-0.1, -0.05) is 24.3 Å². The van der Waals surface area contributed by atoms with Gasteiger partial charge in [0.25, 0.3) is 0 Å². The van der Waals surface area contributed by atoms with Crippen LogP contribution in [0.3, 0.4) is 0 Å². The molecule has 6 heteroatoms. The molecule has 3 aliphatic heterocycles. The van der Waals surface area contributed by atoms with Crippen molar-refractivity contribution in [3.8, 4) is 22.8 Å². The highest BCUT2D eigenvalue weighted by Crippen LogP contribution is 2.38. The number of piperidine rings is 1. The van der Waals surface area contributed by atoms with Gasteiger partial charge in [-0.25, -0.2) is 4.98 Å². The SMILES string of the molecule is CN1CCC(OC2c3ccccc3CCn3cc(-c4ccc5c(c4)OCO5)nc32)CC1. The molecule has 0 spiro atoms. The number of hydrogen-bond donors (Lipinski definition) is 0. The average molecular weight is 418 g/mol. The zero-order valence-corrected chi connectivity index (χ0v) is 17.8. The Bertz CT molecular complexity index is 1100. The van der Waals surface area contributed by atoms with Gasteiger partial charge < -0.3 is 23.7 Å². The van der Waals surface area contributed by atoms with E-state index in [2.05, 4.69) is 53.0 Å². The zero-order valence-electron chi connectivity index (χ0n) is 17.8. The number of likely N-dealkylation sites (tertiary alicyclic amines) is 1. The quantitative estimate of drug-likeness (QED) is 0.644. The minimum atomic E-state index is -0.144. The van der Waals surface area contributed by atoms with E-state index in [9.17, 15) is 0 Å². The molecule has 1 unspecified atom stereocenters. The summed E-state index contributed by atoms with van der Waals surface area (Å²) in [6, 6.07) is 14.7. The summed E-state index contributed by atoms with van der Waals surface area (Å²) >= 11 is 0. The van der Waals surface area contributed by atoms with Crippen LogP contribution in [0.5, 0.6) is 11.5 Å². The van der Waals surface area contributed by atoms with Gasteiger partial charge in [-0.05, 0) is 55.6 Å². The van der Waals surface area contributed by atoms with Gasteiger partial charge in [-0.2, -0.15) is 0 Å². The highest BCUT2D eigenvalue weighted by molar-refractivity contribution is 5.64. The Morgan fingerprint density at radius 3 is 2.74 bits per heavy atom. The molecule has 0 N–H and O–H groups in total. The molecule has 0 bridgehead atoms. The van der Waals surface area contributed by atoms with Gasteiger partial charge in [-0.15, -0.1) is 0 Å². The zero-order chi connectivity index (χ0) is 20.8. The van der Waals surface area contributed by atoms with Crippen LogP contribution in [0.1, 0.15) is 35.9 Å². The molecule has 1 atom stereocenters. The third-order valence-electron chi connectivity index (χ3n) is 6.66. The van der Waals surface area contributed by atoms with Crippen LogP contribution in [0.2, 0.25) is 0 Å². The number of hydrogen-bond acceptors (Lipinski definition) is 5. The normalized spacial score (nSPS) is 20.9. The molecule has 1 aromatic heterocycles. The largest absolute Gasteiger partial charge is 0.454 e. The molecule has 4 heterocycles. The van der Waals surface area contributed by atoms with Crippen molar-refractivity contribution in [2.45, 2.75) is 38.0 Å². The lowest BCUT2D eigenvalue weighted by Gasteiger charge is -2.32. The molecule has 2 aromatic carbocycles. The molecule has 160 valence electrons. The smallest absolute Gasteiger partial charge is 0.231 e. The van der Waals surface area contributed by atoms with Gasteiger partial charge in [0.15, 0.2) is 11.5 Å². The maximum atomic E-state index is 6.78. The van der Waals surface area contributed by atoms with E-state index in [4.69, 9.17) is 19.2 Å². The van der Waals surface area contributed by atoms with Gasteiger partial charge in [0.2, 0.25) is 6.79 Å². The van der Waals surface area contributed by atoms with Crippen molar-refractivity contribution in [1.29, 1.82) is 0 Å². The molecule has 6 rings (SSSR count). The summed E-state index contributed by atoms with van der Waals surface area (Å²) in [5.74, 6) is 2.57. The van der Waals surface area contributed by atoms with Crippen molar-refractivity contribution < 1.29 is 14.2 Å². The highest BCUT2D eigenvalue weighted by Gasteiger charge is 2.31.